The van der Waals surface area contributed by atoms with Crippen molar-refractivity contribution in [3.8, 4) is 0 Å². The van der Waals surface area contributed by atoms with Crippen LogP contribution in [0.5, 0.6) is 0 Å². The van der Waals surface area contributed by atoms with Gasteiger partial charge in [-0.2, -0.15) is 4.99 Å². The first kappa shape index (κ1) is 10.4. The van der Waals surface area contributed by atoms with Crippen LogP contribution in [0, 0.1) is 0 Å². The largest absolute Gasteiger partial charge is 0.385 e. The SMILES string of the molecule is CCCN1C(=O)N=C(N)C1C1CCCO1. The Labute approximate surface area is 89.3 Å². The first-order chi connectivity index (χ1) is 7.24. The number of amides is 2. The van der Waals surface area contributed by atoms with Gasteiger partial charge in [-0.05, 0) is 19.3 Å². The van der Waals surface area contributed by atoms with Crippen LogP contribution in [0.15, 0.2) is 4.99 Å². The highest BCUT2D eigenvalue weighted by atomic mass is 16.5. The van der Waals surface area contributed by atoms with Gasteiger partial charge in [0, 0.05) is 13.2 Å². The van der Waals surface area contributed by atoms with Crippen LogP contribution in [0.3, 0.4) is 0 Å². The Hall–Kier alpha value is -1.10. The summed E-state index contributed by atoms with van der Waals surface area (Å²) in [6, 6.07) is -0.338. The maximum atomic E-state index is 11.5. The summed E-state index contributed by atoms with van der Waals surface area (Å²) >= 11 is 0. The molecule has 0 aliphatic carbocycles. The van der Waals surface area contributed by atoms with Gasteiger partial charge in [-0.15, -0.1) is 0 Å². The van der Waals surface area contributed by atoms with E-state index in [4.69, 9.17) is 10.5 Å². The standard InChI is InChI=1S/C10H17N3O2/c1-2-5-13-8(7-4-3-6-15-7)9(11)12-10(13)14/h7-8H,2-6H2,1H3,(H2,11,12,14). The molecule has 0 spiro atoms. The number of aliphatic imine (C=N–C) groups is 1. The van der Waals surface area contributed by atoms with Crippen LogP contribution < -0.4 is 5.73 Å². The van der Waals surface area contributed by atoms with E-state index >= 15 is 0 Å². The number of hydrogen-bond acceptors (Lipinski definition) is 3. The van der Waals surface area contributed by atoms with Crippen molar-refractivity contribution in [3.63, 3.8) is 0 Å². The lowest BCUT2D eigenvalue weighted by molar-refractivity contribution is 0.0672. The van der Waals surface area contributed by atoms with E-state index in [0.29, 0.717) is 12.4 Å². The molecular formula is C10H17N3O2. The van der Waals surface area contributed by atoms with Gasteiger partial charge in [0.1, 0.15) is 11.9 Å². The second-order valence-corrected chi connectivity index (χ2v) is 4.01. The van der Waals surface area contributed by atoms with Crippen molar-refractivity contribution in [1.82, 2.24) is 4.90 Å². The van der Waals surface area contributed by atoms with Crippen molar-refractivity contribution >= 4 is 11.9 Å². The van der Waals surface area contributed by atoms with Gasteiger partial charge >= 0.3 is 6.03 Å². The number of nitrogens with zero attached hydrogens (tertiary/aromatic N) is 2. The number of hydrogen-bond donors (Lipinski definition) is 1. The van der Waals surface area contributed by atoms with Crippen LogP contribution in [0.4, 0.5) is 4.79 Å². The number of urea groups is 1. The smallest absolute Gasteiger partial charge is 0.345 e. The van der Waals surface area contributed by atoms with Gasteiger partial charge in [-0.1, -0.05) is 6.92 Å². The first-order valence-electron chi connectivity index (χ1n) is 5.50. The molecule has 1 fully saturated rings. The van der Waals surface area contributed by atoms with Crippen LogP contribution in [-0.2, 0) is 4.74 Å². The zero-order valence-electron chi connectivity index (χ0n) is 8.98. The molecule has 2 rings (SSSR count). The minimum absolute atomic E-state index is 0.0479. The Balaban J connectivity index is 2.12. The third-order valence-electron chi connectivity index (χ3n) is 2.89. The maximum Gasteiger partial charge on any atom is 0.345 e. The number of ether oxygens (including phenoxy) is 1. The summed E-state index contributed by atoms with van der Waals surface area (Å²) in [5, 5.41) is 0. The summed E-state index contributed by atoms with van der Waals surface area (Å²) in [5.41, 5.74) is 5.78. The lowest BCUT2D eigenvalue weighted by Crippen LogP contribution is -2.48. The third-order valence-corrected chi connectivity index (χ3v) is 2.89. The number of rotatable bonds is 3. The van der Waals surface area contributed by atoms with Crippen molar-refractivity contribution in [1.29, 1.82) is 0 Å². The van der Waals surface area contributed by atoms with E-state index in [1.165, 1.54) is 0 Å². The van der Waals surface area contributed by atoms with Crippen molar-refractivity contribution in [2.24, 2.45) is 10.7 Å². The lowest BCUT2D eigenvalue weighted by atomic mass is 10.1. The summed E-state index contributed by atoms with van der Waals surface area (Å²) in [4.78, 5) is 17.1. The fourth-order valence-electron chi connectivity index (χ4n) is 2.24. The molecule has 0 bridgehead atoms. The highest BCUT2D eigenvalue weighted by molar-refractivity contribution is 6.03. The third kappa shape index (κ3) is 1.84. The summed E-state index contributed by atoms with van der Waals surface area (Å²) in [6.45, 7) is 3.50. The van der Waals surface area contributed by atoms with Crippen LogP contribution in [0.2, 0.25) is 0 Å². The fourth-order valence-corrected chi connectivity index (χ4v) is 2.24. The highest BCUT2D eigenvalue weighted by Gasteiger charge is 2.40. The Morgan fingerprint density at radius 2 is 2.47 bits per heavy atom. The molecule has 2 heterocycles. The monoisotopic (exact) mass is 211 g/mol. The molecule has 5 nitrogen and oxygen atoms in total. The molecule has 5 heteroatoms. The van der Waals surface area contributed by atoms with E-state index < -0.39 is 0 Å². The Morgan fingerprint density at radius 1 is 1.67 bits per heavy atom. The molecule has 2 N–H and O–H groups in total. The van der Waals surface area contributed by atoms with E-state index in [1.54, 1.807) is 4.90 Å². The second-order valence-electron chi connectivity index (χ2n) is 4.01. The van der Waals surface area contributed by atoms with Gasteiger partial charge in [0.15, 0.2) is 0 Å². The molecule has 0 aromatic heterocycles. The molecule has 1 saturated heterocycles. The Kier molecular flexibility index (Phi) is 2.90. The predicted octanol–water partition coefficient (Wildman–Crippen LogP) is 0.737. The molecule has 2 amide bonds. The van der Waals surface area contributed by atoms with E-state index in [1.807, 2.05) is 6.92 Å². The zero-order chi connectivity index (χ0) is 10.8. The molecular weight excluding hydrogens is 194 g/mol. The number of carbonyl (C=O) groups is 1. The predicted molar refractivity (Wildman–Crippen MR) is 56.8 cm³/mol. The van der Waals surface area contributed by atoms with Crippen LogP contribution in [-0.4, -0.2) is 42.1 Å². The minimum Gasteiger partial charge on any atom is -0.385 e. The summed E-state index contributed by atoms with van der Waals surface area (Å²) < 4.78 is 5.58. The van der Waals surface area contributed by atoms with Crippen molar-refractivity contribution in [2.45, 2.75) is 38.3 Å². The Morgan fingerprint density at radius 3 is 3.07 bits per heavy atom. The molecule has 2 atom stereocenters. The summed E-state index contributed by atoms with van der Waals surface area (Å²) in [6.07, 6.45) is 2.97. The van der Waals surface area contributed by atoms with E-state index in [2.05, 4.69) is 4.99 Å². The Bertz CT molecular complexity index is 284. The van der Waals surface area contributed by atoms with E-state index in [0.717, 1.165) is 25.9 Å². The second kappa shape index (κ2) is 4.18. The molecule has 2 aliphatic heterocycles. The van der Waals surface area contributed by atoms with Gasteiger partial charge < -0.3 is 15.4 Å². The van der Waals surface area contributed by atoms with Crippen molar-refractivity contribution in [3.05, 3.63) is 0 Å². The van der Waals surface area contributed by atoms with Gasteiger partial charge in [0.25, 0.3) is 0 Å². The van der Waals surface area contributed by atoms with Crippen LogP contribution in [0.1, 0.15) is 26.2 Å². The van der Waals surface area contributed by atoms with Gasteiger partial charge in [0.2, 0.25) is 0 Å². The van der Waals surface area contributed by atoms with Gasteiger partial charge in [-0.3, -0.25) is 0 Å². The molecule has 0 aromatic rings. The number of nitrogens with two attached hydrogens (primary N) is 1. The molecule has 0 saturated carbocycles. The lowest BCUT2D eigenvalue weighted by Gasteiger charge is -2.27. The molecule has 0 radical (unpaired) electrons. The van der Waals surface area contributed by atoms with Crippen molar-refractivity contribution in [2.75, 3.05) is 13.2 Å². The van der Waals surface area contributed by atoms with E-state index in [9.17, 15) is 4.79 Å². The average Bonchev–Trinajstić information content (AvgIpc) is 2.77. The topological polar surface area (TPSA) is 67.9 Å². The zero-order valence-corrected chi connectivity index (χ0v) is 8.98. The van der Waals surface area contributed by atoms with Crippen molar-refractivity contribution < 1.29 is 9.53 Å². The normalized spacial score (nSPS) is 31.1. The molecule has 2 unspecified atom stereocenters. The number of amidine groups is 1. The molecule has 0 aromatic carbocycles. The van der Waals surface area contributed by atoms with Gasteiger partial charge in [-0.25, -0.2) is 4.79 Å². The van der Waals surface area contributed by atoms with E-state index in [-0.39, 0.29) is 18.2 Å². The highest BCUT2D eigenvalue weighted by Crippen LogP contribution is 2.24. The first-order valence-corrected chi connectivity index (χ1v) is 5.50. The molecule has 84 valence electrons. The molecule has 2 aliphatic rings. The van der Waals surface area contributed by atoms with Gasteiger partial charge in [0.05, 0.1) is 6.10 Å². The number of carbonyl (C=O) groups excluding carboxylic acids is 1. The summed E-state index contributed by atoms with van der Waals surface area (Å²) in [5.74, 6) is 0.417. The quantitative estimate of drug-likeness (QED) is 0.748. The van der Waals surface area contributed by atoms with Crippen LogP contribution >= 0.6 is 0 Å². The maximum absolute atomic E-state index is 11.5. The fraction of sp³-hybridized carbons (Fsp3) is 0.800. The van der Waals surface area contributed by atoms with Crippen LogP contribution in [0.25, 0.3) is 0 Å². The minimum atomic E-state index is -0.213. The summed E-state index contributed by atoms with van der Waals surface area (Å²) in [7, 11) is 0. The average molecular weight is 211 g/mol. The molecule has 15 heavy (non-hydrogen) atoms.